The van der Waals surface area contributed by atoms with E-state index in [1.807, 2.05) is 30.3 Å². The van der Waals surface area contributed by atoms with Crippen molar-refractivity contribution >= 4 is 6.09 Å². The van der Waals surface area contributed by atoms with Crippen molar-refractivity contribution in [1.82, 2.24) is 15.3 Å². The summed E-state index contributed by atoms with van der Waals surface area (Å²) in [6.45, 7) is 0. The van der Waals surface area contributed by atoms with Crippen molar-refractivity contribution in [2.45, 2.75) is 12.5 Å². The number of amides is 1. The summed E-state index contributed by atoms with van der Waals surface area (Å²) in [5.74, 6) is 0.622. The molecule has 0 aliphatic carbocycles. The lowest BCUT2D eigenvalue weighted by Crippen LogP contribution is -2.29. The maximum Gasteiger partial charge on any atom is 0.405 e. The van der Waals surface area contributed by atoms with Crippen LogP contribution in [0.5, 0.6) is 0 Å². The minimum absolute atomic E-state index is 0.357. The van der Waals surface area contributed by atoms with Gasteiger partial charge in [-0.05, 0) is 5.56 Å². The van der Waals surface area contributed by atoms with E-state index < -0.39 is 6.09 Å². The molecule has 2 rings (SSSR count). The Morgan fingerprint density at radius 1 is 1.41 bits per heavy atom. The largest absolute Gasteiger partial charge is 0.465 e. The lowest BCUT2D eigenvalue weighted by atomic mass is 10.1. The maximum atomic E-state index is 10.7. The number of nitrogens with zero attached hydrogens (tertiary/aromatic N) is 1. The van der Waals surface area contributed by atoms with Crippen LogP contribution >= 0.6 is 0 Å². The van der Waals surface area contributed by atoms with Crippen LogP contribution in [0.15, 0.2) is 42.7 Å². The predicted molar refractivity (Wildman–Crippen MR) is 62.6 cm³/mol. The van der Waals surface area contributed by atoms with Crippen LogP contribution in [-0.4, -0.2) is 21.2 Å². The molecule has 0 aliphatic heterocycles. The second kappa shape index (κ2) is 5.16. The molecule has 0 spiro atoms. The molecule has 3 N–H and O–H groups in total. The number of nitrogens with one attached hydrogen (secondary N) is 2. The van der Waals surface area contributed by atoms with Gasteiger partial charge in [-0.1, -0.05) is 30.3 Å². The standard InChI is InChI=1S/C12H13N3O2/c16-12(17)15-10(11-13-6-7-14-11)8-9-4-2-1-3-5-9/h1-7,10,15H,8H2,(H,13,14)(H,16,17). The van der Waals surface area contributed by atoms with E-state index in [-0.39, 0.29) is 6.04 Å². The number of hydrogen-bond acceptors (Lipinski definition) is 2. The van der Waals surface area contributed by atoms with E-state index in [1.165, 1.54) is 0 Å². The van der Waals surface area contributed by atoms with Crippen molar-refractivity contribution in [3.63, 3.8) is 0 Å². The molecular weight excluding hydrogens is 218 g/mol. The normalized spacial score (nSPS) is 12.0. The topological polar surface area (TPSA) is 78.0 Å². The number of aromatic nitrogens is 2. The number of carbonyl (C=O) groups is 1. The number of rotatable bonds is 4. The third kappa shape index (κ3) is 3.07. The van der Waals surface area contributed by atoms with Crippen molar-refractivity contribution in [1.29, 1.82) is 0 Å². The van der Waals surface area contributed by atoms with Crippen molar-refractivity contribution in [2.24, 2.45) is 0 Å². The summed E-state index contributed by atoms with van der Waals surface area (Å²) in [6, 6.07) is 9.34. The molecule has 0 bridgehead atoms. The van der Waals surface area contributed by atoms with Gasteiger partial charge in [-0.25, -0.2) is 9.78 Å². The Kier molecular flexibility index (Phi) is 3.40. The van der Waals surface area contributed by atoms with Gasteiger partial charge in [-0.2, -0.15) is 0 Å². The molecule has 1 aromatic heterocycles. The van der Waals surface area contributed by atoms with Gasteiger partial charge in [0.2, 0.25) is 0 Å². The van der Waals surface area contributed by atoms with Crippen molar-refractivity contribution in [3.05, 3.63) is 54.1 Å². The first-order valence-corrected chi connectivity index (χ1v) is 5.28. The number of H-pyrrole nitrogens is 1. The fourth-order valence-corrected chi connectivity index (χ4v) is 1.68. The van der Waals surface area contributed by atoms with E-state index in [1.54, 1.807) is 12.4 Å². The minimum atomic E-state index is -1.05. The van der Waals surface area contributed by atoms with Crippen LogP contribution < -0.4 is 5.32 Å². The van der Waals surface area contributed by atoms with Gasteiger partial charge >= 0.3 is 6.09 Å². The molecule has 0 radical (unpaired) electrons. The lowest BCUT2D eigenvalue weighted by Gasteiger charge is -2.14. The number of aromatic amines is 1. The second-order valence-electron chi connectivity index (χ2n) is 3.67. The van der Waals surface area contributed by atoms with Crippen molar-refractivity contribution in [2.75, 3.05) is 0 Å². The Hall–Kier alpha value is -2.30. The quantitative estimate of drug-likeness (QED) is 0.752. The highest BCUT2D eigenvalue weighted by Gasteiger charge is 2.16. The number of carboxylic acid groups (broad SMARTS) is 1. The van der Waals surface area contributed by atoms with E-state index in [4.69, 9.17) is 5.11 Å². The van der Waals surface area contributed by atoms with Crippen molar-refractivity contribution < 1.29 is 9.90 Å². The van der Waals surface area contributed by atoms with Gasteiger partial charge in [-0.15, -0.1) is 0 Å². The fourth-order valence-electron chi connectivity index (χ4n) is 1.68. The molecule has 1 aromatic carbocycles. The summed E-state index contributed by atoms with van der Waals surface area (Å²) in [6.07, 6.45) is 2.80. The number of imidazole rings is 1. The van der Waals surface area contributed by atoms with E-state index in [0.717, 1.165) is 5.56 Å². The molecule has 0 fully saturated rings. The average molecular weight is 231 g/mol. The highest BCUT2D eigenvalue weighted by Crippen LogP contribution is 2.14. The average Bonchev–Trinajstić information content (AvgIpc) is 2.82. The molecule has 5 heteroatoms. The molecule has 1 atom stereocenters. The molecule has 5 nitrogen and oxygen atoms in total. The van der Waals surface area contributed by atoms with Gasteiger partial charge in [0.25, 0.3) is 0 Å². The van der Waals surface area contributed by atoms with Crippen molar-refractivity contribution in [3.8, 4) is 0 Å². The van der Waals surface area contributed by atoms with Gasteiger partial charge in [-0.3, -0.25) is 0 Å². The summed E-state index contributed by atoms with van der Waals surface area (Å²) in [5.41, 5.74) is 1.06. The Morgan fingerprint density at radius 3 is 2.76 bits per heavy atom. The van der Waals surface area contributed by atoms with Gasteiger partial charge < -0.3 is 15.4 Å². The SMILES string of the molecule is O=C(O)NC(Cc1ccccc1)c1ncc[nH]1. The maximum absolute atomic E-state index is 10.7. The monoisotopic (exact) mass is 231 g/mol. The van der Waals surface area contributed by atoms with Gasteiger partial charge in [0.1, 0.15) is 5.82 Å². The van der Waals surface area contributed by atoms with Crippen LogP contribution in [0, 0.1) is 0 Å². The zero-order valence-corrected chi connectivity index (χ0v) is 9.13. The Balaban J connectivity index is 2.14. The number of hydrogen-bond donors (Lipinski definition) is 3. The van der Waals surface area contributed by atoms with E-state index in [2.05, 4.69) is 15.3 Å². The summed E-state index contributed by atoms with van der Waals surface area (Å²) >= 11 is 0. The predicted octanol–water partition coefficient (Wildman–Crippen LogP) is 1.96. The Bertz CT molecular complexity index is 468. The first-order chi connectivity index (χ1) is 8.25. The number of benzene rings is 1. The van der Waals surface area contributed by atoms with Crippen LogP contribution in [-0.2, 0) is 6.42 Å². The third-order valence-electron chi connectivity index (χ3n) is 2.43. The highest BCUT2D eigenvalue weighted by molar-refractivity contribution is 5.65. The summed E-state index contributed by atoms with van der Waals surface area (Å²) in [4.78, 5) is 17.8. The third-order valence-corrected chi connectivity index (χ3v) is 2.43. The first kappa shape index (κ1) is 11.2. The molecule has 17 heavy (non-hydrogen) atoms. The summed E-state index contributed by atoms with van der Waals surface area (Å²) in [5, 5.41) is 11.3. The van der Waals surface area contributed by atoms with E-state index in [0.29, 0.717) is 12.2 Å². The van der Waals surface area contributed by atoms with Gasteiger partial charge in [0, 0.05) is 18.8 Å². The van der Waals surface area contributed by atoms with Gasteiger partial charge in [0.15, 0.2) is 0 Å². The smallest absolute Gasteiger partial charge is 0.405 e. The molecule has 1 unspecified atom stereocenters. The molecular formula is C12H13N3O2. The molecule has 0 saturated carbocycles. The molecule has 88 valence electrons. The Labute approximate surface area is 98.5 Å². The fraction of sp³-hybridized carbons (Fsp3) is 0.167. The Morgan fingerprint density at radius 2 is 2.18 bits per heavy atom. The lowest BCUT2D eigenvalue weighted by molar-refractivity contribution is 0.189. The van der Waals surface area contributed by atoms with E-state index in [9.17, 15) is 4.79 Å². The first-order valence-electron chi connectivity index (χ1n) is 5.28. The minimum Gasteiger partial charge on any atom is -0.465 e. The van der Waals surface area contributed by atoms with Crippen LogP contribution in [0.1, 0.15) is 17.4 Å². The summed E-state index contributed by atoms with van der Waals surface area (Å²) in [7, 11) is 0. The summed E-state index contributed by atoms with van der Waals surface area (Å²) < 4.78 is 0. The zero-order valence-electron chi connectivity index (χ0n) is 9.13. The van der Waals surface area contributed by atoms with Crippen LogP contribution in [0.4, 0.5) is 4.79 Å². The van der Waals surface area contributed by atoms with Crippen LogP contribution in [0.2, 0.25) is 0 Å². The van der Waals surface area contributed by atoms with E-state index >= 15 is 0 Å². The molecule has 1 heterocycles. The van der Waals surface area contributed by atoms with Crippen LogP contribution in [0.25, 0.3) is 0 Å². The molecule has 2 aromatic rings. The zero-order chi connectivity index (χ0) is 12.1. The highest BCUT2D eigenvalue weighted by atomic mass is 16.4. The molecule has 0 saturated heterocycles. The molecule has 0 aliphatic rings. The molecule has 1 amide bonds. The van der Waals surface area contributed by atoms with Gasteiger partial charge in [0.05, 0.1) is 6.04 Å². The van der Waals surface area contributed by atoms with Crippen LogP contribution in [0.3, 0.4) is 0 Å². The second-order valence-corrected chi connectivity index (χ2v) is 3.67.